The average molecular weight is 532 g/mol. The Morgan fingerprint density at radius 1 is 0.872 bits per heavy atom. The van der Waals surface area contributed by atoms with Crippen molar-refractivity contribution in [3.8, 4) is 0 Å². The summed E-state index contributed by atoms with van der Waals surface area (Å²) < 4.78 is 10.9. The zero-order valence-corrected chi connectivity index (χ0v) is 22.3. The predicted molar refractivity (Wildman–Crippen MR) is 148 cm³/mol. The topological polar surface area (TPSA) is 82.5 Å². The van der Waals surface area contributed by atoms with Crippen LogP contribution < -0.4 is 0 Å². The lowest BCUT2D eigenvalue weighted by molar-refractivity contribution is 0.0342. The highest BCUT2D eigenvalue weighted by atomic mass is 16.5. The number of Topliss-reactive ketones (excluding diaryl/α,β-unsaturated/α-hetero) is 1. The van der Waals surface area contributed by atoms with Gasteiger partial charge in [-0.05, 0) is 29.2 Å². The van der Waals surface area contributed by atoms with E-state index in [9.17, 15) is 9.59 Å². The maximum Gasteiger partial charge on any atom is 0.324 e. The van der Waals surface area contributed by atoms with Gasteiger partial charge < -0.3 is 19.5 Å². The Labute approximate surface area is 230 Å². The van der Waals surface area contributed by atoms with Gasteiger partial charge in [0.15, 0.2) is 5.78 Å². The van der Waals surface area contributed by atoms with Gasteiger partial charge in [0, 0.05) is 49.9 Å². The molecular weight excluding hydrogens is 494 g/mol. The molecule has 2 heterocycles. The summed E-state index contributed by atoms with van der Waals surface area (Å²) in [6.45, 7) is 6.59. The highest BCUT2D eigenvalue weighted by molar-refractivity contribution is 5.96. The third-order valence-corrected chi connectivity index (χ3v) is 7.58. The molecule has 8 nitrogen and oxygen atoms in total. The quantitative estimate of drug-likeness (QED) is 0.525. The van der Waals surface area contributed by atoms with Crippen molar-refractivity contribution in [1.82, 2.24) is 14.7 Å². The van der Waals surface area contributed by atoms with E-state index in [-0.39, 0.29) is 17.7 Å². The van der Waals surface area contributed by atoms with Gasteiger partial charge in [0.1, 0.15) is 6.61 Å². The van der Waals surface area contributed by atoms with Crippen LogP contribution in [0, 0.1) is 0 Å². The summed E-state index contributed by atoms with van der Waals surface area (Å²) in [4.78, 5) is 31.5. The summed E-state index contributed by atoms with van der Waals surface area (Å²) in [5.74, 6) is -0.0591. The number of aliphatic hydroxyl groups is 1. The van der Waals surface area contributed by atoms with E-state index >= 15 is 0 Å². The highest BCUT2D eigenvalue weighted by Gasteiger charge is 2.26. The number of amides is 2. The Morgan fingerprint density at radius 3 is 2.13 bits per heavy atom. The molecule has 2 aromatic carbocycles. The van der Waals surface area contributed by atoms with Crippen molar-refractivity contribution < 1.29 is 24.2 Å². The number of rotatable bonds is 8. The smallest absolute Gasteiger partial charge is 0.324 e. The number of hydrogen-bond acceptors (Lipinski definition) is 6. The van der Waals surface area contributed by atoms with E-state index in [0.717, 1.165) is 50.5 Å². The third-order valence-electron chi connectivity index (χ3n) is 7.58. The molecule has 8 heteroatoms. The van der Waals surface area contributed by atoms with E-state index in [1.807, 2.05) is 21.9 Å². The standard InChI is InChI=1S/C31H37N3O5/c35-23-30(36)28-7-3-25(4-8-28)22-34(31(37)33-15-19-39-20-16-33)29-11-9-27(10-12-29)26-5-1-24(2-6-26)21-32-13-17-38-18-14-32/h1-9,11-12,27,35H,10,13-23H2. The van der Waals surface area contributed by atoms with Crippen molar-refractivity contribution in [2.75, 3.05) is 59.2 Å². The number of nitrogens with zero attached hydrogens (tertiary/aromatic N) is 3. The molecule has 1 atom stereocenters. The number of carbonyl (C=O) groups is 2. The van der Waals surface area contributed by atoms with E-state index in [1.54, 1.807) is 12.1 Å². The zero-order valence-electron chi connectivity index (χ0n) is 22.3. The van der Waals surface area contributed by atoms with Crippen LogP contribution in [0.4, 0.5) is 4.79 Å². The van der Waals surface area contributed by atoms with Gasteiger partial charge in [0.25, 0.3) is 0 Å². The first kappa shape index (κ1) is 27.3. The molecule has 2 aliphatic heterocycles. The number of urea groups is 1. The van der Waals surface area contributed by atoms with E-state index in [4.69, 9.17) is 14.6 Å². The molecule has 2 amide bonds. The summed E-state index contributed by atoms with van der Waals surface area (Å²) >= 11 is 0. The molecule has 2 aromatic rings. The second-order valence-electron chi connectivity index (χ2n) is 10.2. The Hall–Kier alpha value is -3.30. The summed E-state index contributed by atoms with van der Waals surface area (Å²) in [7, 11) is 0. The van der Waals surface area contributed by atoms with Gasteiger partial charge in [-0.2, -0.15) is 0 Å². The Balaban J connectivity index is 1.27. The minimum atomic E-state index is -0.517. The SMILES string of the molecule is O=C(CO)c1ccc(CN(C(=O)N2CCOCC2)C2=CCC(c3ccc(CN4CCOCC4)cc3)C=C2)cc1. The Bertz CT molecular complexity index is 1180. The molecule has 0 saturated carbocycles. The molecule has 0 aromatic heterocycles. The first-order valence-electron chi connectivity index (χ1n) is 13.7. The number of ketones is 1. The zero-order chi connectivity index (χ0) is 27.0. The molecule has 2 fully saturated rings. The van der Waals surface area contributed by atoms with Gasteiger partial charge in [-0.15, -0.1) is 0 Å². The molecule has 0 bridgehead atoms. The summed E-state index contributed by atoms with van der Waals surface area (Å²) in [5.41, 5.74) is 4.83. The Morgan fingerprint density at radius 2 is 1.51 bits per heavy atom. The minimum Gasteiger partial charge on any atom is -0.388 e. The average Bonchev–Trinajstić information content (AvgIpc) is 3.01. The van der Waals surface area contributed by atoms with Crippen LogP contribution in [0.1, 0.15) is 39.4 Å². The van der Waals surface area contributed by atoms with Crippen LogP contribution in [0.2, 0.25) is 0 Å². The largest absolute Gasteiger partial charge is 0.388 e. The molecule has 0 radical (unpaired) electrons. The van der Waals surface area contributed by atoms with Crippen LogP contribution in [0.25, 0.3) is 0 Å². The second kappa shape index (κ2) is 13.2. The number of benzene rings is 2. The van der Waals surface area contributed by atoms with Gasteiger partial charge in [0.2, 0.25) is 0 Å². The van der Waals surface area contributed by atoms with Crippen LogP contribution in [0.5, 0.6) is 0 Å². The lowest BCUT2D eigenvalue weighted by Gasteiger charge is -2.34. The van der Waals surface area contributed by atoms with Gasteiger partial charge in [-0.25, -0.2) is 4.79 Å². The molecule has 1 N–H and O–H groups in total. The third kappa shape index (κ3) is 7.02. The van der Waals surface area contributed by atoms with Crippen LogP contribution in [-0.2, 0) is 22.6 Å². The monoisotopic (exact) mass is 531 g/mol. The van der Waals surface area contributed by atoms with E-state index < -0.39 is 6.61 Å². The van der Waals surface area contributed by atoms with Crippen molar-refractivity contribution in [3.63, 3.8) is 0 Å². The van der Waals surface area contributed by atoms with E-state index in [2.05, 4.69) is 47.4 Å². The normalized spacial score (nSPS) is 20.0. The summed E-state index contributed by atoms with van der Waals surface area (Å²) in [5, 5.41) is 9.13. The second-order valence-corrected chi connectivity index (χ2v) is 10.2. The molecule has 0 spiro atoms. The fourth-order valence-corrected chi connectivity index (χ4v) is 5.21. The number of allylic oxidation sites excluding steroid dienone is 3. The molecule has 5 rings (SSSR count). The predicted octanol–water partition coefficient (Wildman–Crippen LogP) is 3.58. The lowest BCUT2D eigenvalue weighted by Crippen LogP contribution is -2.47. The molecule has 1 aliphatic carbocycles. The van der Waals surface area contributed by atoms with Gasteiger partial charge in [0.05, 0.1) is 33.0 Å². The number of ether oxygens (including phenoxy) is 2. The maximum atomic E-state index is 13.6. The molecule has 206 valence electrons. The molecule has 2 saturated heterocycles. The van der Waals surface area contributed by atoms with Crippen molar-refractivity contribution in [1.29, 1.82) is 0 Å². The van der Waals surface area contributed by atoms with Crippen molar-refractivity contribution in [2.24, 2.45) is 0 Å². The van der Waals surface area contributed by atoms with Gasteiger partial charge >= 0.3 is 6.03 Å². The molecular formula is C31H37N3O5. The summed E-state index contributed by atoms with van der Waals surface area (Å²) in [6, 6.07) is 15.9. The minimum absolute atomic E-state index is 0.0457. The fraction of sp³-hybridized carbons (Fsp3) is 0.419. The fourth-order valence-electron chi connectivity index (χ4n) is 5.21. The first-order valence-corrected chi connectivity index (χ1v) is 13.7. The number of hydrogen-bond donors (Lipinski definition) is 1. The number of aliphatic hydroxyl groups excluding tert-OH is 1. The van der Waals surface area contributed by atoms with Crippen molar-refractivity contribution in [3.05, 3.63) is 94.7 Å². The lowest BCUT2D eigenvalue weighted by atomic mass is 9.91. The van der Waals surface area contributed by atoms with Crippen LogP contribution in [0.15, 0.2) is 72.5 Å². The highest BCUT2D eigenvalue weighted by Crippen LogP contribution is 2.30. The molecule has 1 unspecified atom stereocenters. The van der Waals surface area contributed by atoms with Crippen molar-refractivity contribution in [2.45, 2.75) is 25.4 Å². The van der Waals surface area contributed by atoms with Crippen LogP contribution in [-0.4, -0.2) is 90.8 Å². The number of carbonyl (C=O) groups excluding carboxylic acids is 2. The number of morpholine rings is 2. The van der Waals surface area contributed by atoms with E-state index in [1.165, 1.54) is 11.1 Å². The molecule has 39 heavy (non-hydrogen) atoms. The van der Waals surface area contributed by atoms with Crippen LogP contribution in [0.3, 0.4) is 0 Å². The van der Waals surface area contributed by atoms with Gasteiger partial charge in [-0.3, -0.25) is 14.6 Å². The summed E-state index contributed by atoms with van der Waals surface area (Å²) in [6.07, 6.45) is 7.20. The Kier molecular flexibility index (Phi) is 9.21. The van der Waals surface area contributed by atoms with E-state index in [0.29, 0.717) is 38.4 Å². The van der Waals surface area contributed by atoms with Gasteiger partial charge in [-0.1, -0.05) is 60.7 Å². The molecule has 3 aliphatic rings. The van der Waals surface area contributed by atoms with Crippen molar-refractivity contribution >= 4 is 11.8 Å². The maximum absolute atomic E-state index is 13.6. The first-order chi connectivity index (χ1) is 19.1. The van der Waals surface area contributed by atoms with Crippen LogP contribution >= 0.6 is 0 Å².